The SMILES string of the molecule is Cc1cccc(-c2nn(C)c3nc(OCC(=O)NC(C)c4ccccc4C)cc(C)c23)n1. The number of aromatic nitrogens is 4. The van der Waals surface area contributed by atoms with Crippen molar-refractivity contribution in [1.82, 2.24) is 25.1 Å². The fourth-order valence-corrected chi connectivity index (χ4v) is 3.90. The van der Waals surface area contributed by atoms with Crippen molar-refractivity contribution in [2.45, 2.75) is 33.7 Å². The van der Waals surface area contributed by atoms with Crippen LogP contribution in [-0.2, 0) is 11.8 Å². The van der Waals surface area contributed by atoms with E-state index in [1.807, 2.05) is 83.3 Å². The maximum atomic E-state index is 12.5. The Bertz CT molecular complexity index is 1290. The summed E-state index contributed by atoms with van der Waals surface area (Å²) in [6, 6.07) is 15.6. The Hall–Kier alpha value is -3.74. The molecular weight excluding hydrogens is 402 g/mol. The molecule has 1 amide bonds. The molecule has 32 heavy (non-hydrogen) atoms. The number of carbonyl (C=O) groups excluding carboxylic acids is 1. The van der Waals surface area contributed by atoms with Crippen molar-refractivity contribution in [2.24, 2.45) is 7.05 Å². The summed E-state index contributed by atoms with van der Waals surface area (Å²) in [6.45, 7) is 7.82. The predicted octanol–water partition coefficient (Wildman–Crippen LogP) is 4.21. The Morgan fingerprint density at radius 3 is 2.59 bits per heavy atom. The molecule has 0 spiro atoms. The molecule has 7 heteroatoms. The van der Waals surface area contributed by atoms with Gasteiger partial charge in [0.2, 0.25) is 5.88 Å². The summed E-state index contributed by atoms with van der Waals surface area (Å²) in [5.74, 6) is 0.190. The monoisotopic (exact) mass is 429 g/mol. The highest BCUT2D eigenvalue weighted by atomic mass is 16.5. The molecule has 0 saturated carbocycles. The van der Waals surface area contributed by atoms with Crippen LogP contribution in [0.25, 0.3) is 22.4 Å². The van der Waals surface area contributed by atoms with E-state index >= 15 is 0 Å². The number of hydrogen-bond donors (Lipinski definition) is 1. The van der Waals surface area contributed by atoms with E-state index in [0.29, 0.717) is 11.5 Å². The zero-order chi connectivity index (χ0) is 22.8. The van der Waals surface area contributed by atoms with Gasteiger partial charge in [0.05, 0.1) is 17.1 Å². The van der Waals surface area contributed by atoms with Gasteiger partial charge in [-0.05, 0) is 56.5 Å². The number of aryl methyl sites for hydroxylation is 4. The molecule has 0 radical (unpaired) electrons. The van der Waals surface area contributed by atoms with Gasteiger partial charge in [0.15, 0.2) is 12.3 Å². The lowest BCUT2D eigenvalue weighted by molar-refractivity contribution is -0.123. The second kappa shape index (κ2) is 8.78. The zero-order valence-electron chi connectivity index (χ0n) is 19.0. The van der Waals surface area contributed by atoms with Gasteiger partial charge in [0.25, 0.3) is 5.91 Å². The number of rotatable bonds is 6. The van der Waals surface area contributed by atoms with Crippen LogP contribution in [0.15, 0.2) is 48.5 Å². The molecule has 4 aromatic rings. The molecule has 4 rings (SSSR count). The van der Waals surface area contributed by atoms with E-state index in [1.54, 1.807) is 4.68 Å². The summed E-state index contributed by atoms with van der Waals surface area (Å²) < 4.78 is 7.45. The van der Waals surface area contributed by atoms with Crippen molar-refractivity contribution in [3.63, 3.8) is 0 Å². The molecule has 0 aliphatic carbocycles. The standard InChI is InChI=1S/C25H27N5O2/c1-15-9-6-7-11-19(15)18(4)27-21(31)14-32-22-13-16(2)23-24(29-30(5)25(23)28-22)20-12-8-10-17(3)26-20/h6-13,18H,14H2,1-5H3,(H,27,31). The van der Waals surface area contributed by atoms with E-state index in [4.69, 9.17) is 4.74 Å². The van der Waals surface area contributed by atoms with Crippen LogP contribution in [0.1, 0.15) is 35.3 Å². The van der Waals surface area contributed by atoms with Crippen LogP contribution < -0.4 is 10.1 Å². The number of hydrogen-bond acceptors (Lipinski definition) is 5. The second-order valence-electron chi connectivity index (χ2n) is 8.05. The van der Waals surface area contributed by atoms with Crippen molar-refractivity contribution in [1.29, 1.82) is 0 Å². The van der Waals surface area contributed by atoms with Crippen molar-refractivity contribution < 1.29 is 9.53 Å². The normalized spacial score (nSPS) is 12.0. The third kappa shape index (κ3) is 4.32. The lowest BCUT2D eigenvalue weighted by Gasteiger charge is -2.16. The summed E-state index contributed by atoms with van der Waals surface area (Å²) in [4.78, 5) is 21.7. The van der Waals surface area contributed by atoms with Crippen LogP contribution in [-0.4, -0.2) is 32.3 Å². The van der Waals surface area contributed by atoms with Crippen LogP contribution in [0.2, 0.25) is 0 Å². The van der Waals surface area contributed by atoms with E-state index in [9.17, 15) is 4.79 Å². The molecule has 7 nitrogen and oxygen atoms in total. The highest BCUT2D eigenvalue weighted by molar-refractivity contribution is 5.93. The summed E-state index contributed by atoms with van der Waals surface area (Å²) in [5.41, 5.74) is 6.39. The average molecular weight is 430 g/mol. The van der Waals surface area contributed by atoms with E-state index in [0.717, 1.165) is 39.2 Å². The lowest BCUT2D eigenvalue weighted by Crippen LogP contribution is -2.31. The van der Waals surface area contributed by atoms with E-state index in [-0.39, 0.29) is 18.6 Å². The predicted molar refractivity (Wildman–Crippen MR) is 124 cm³/mol. The van der Waals surface area contributed by atoms with Gasteiger partial charge in [-0.1, -0.05) is 30.3 Å². The number of fused-ring (bicyclic) bond motifs is 1. The van der Waals surface area contributed by atoms with Crippen molar-refractivity contribution in [2.75, 3.05) is 6.61 Å². The molecule has 0 aliphatic rings. The zero-order valence-corrected chi connectivity index (χ0v) is 19.0. The summed E-state index contributed by atoms with van der Waals surface area (Å²) in [5, 5.41) is 8.55. The van der Waals surface area contributed by atoms with Gasteiger partial charge in [-0.2, -0.15) is 10.1 Å². The Morgan fingerprint density at radius 2 is 1.84 bits per heavy atom. The Morgan fingerprint density at radius 1 is 1.06 bits per heavy atom. The Balaban J connectivity index is 1.51. The molecule has 164 valence electrons. The Labute approximate surface area is 187 Å². The number of amides is 1. The molecule has 0 fully saturated rings. The van der Waals surface area contributed by atoms with Crippen molar-refractivity contribution in [3.05, 3.63) is 70.9 Å². The van der Waals surface area contributed by atoms with Crippen molar-refractivity contribution >= 4 is 16.9 Å². The number of nitrogens with one attached hydrogen (secondary N) is 1. The third-order valence-corrected chi connectivity index (χ3v) is 5.48. The minimum absolute atomic E-state index is 0.106. The van der Waals surface area contributed by atoms with Crippen LogP contribution in [0.3, 0.4) is 0 Å². The van der Waals surface area contributed by atoms with E-state index < -0.39 is 0 Å². The lowest BCUT2D eigenvalue weighted by atomic mass is 10.0. The molecule has 0 bridgehead atoms. The second-order valence-corrected chi connectivity index (χ2v) is 8.05. The van der Waals surface area contributed by atoms with Crippen LogP contribution in [0.5, 0.6) is 5.88 Å². The number of pyridine rings is 2. The number of nitrogens with zero attached hydrogens (tertiary/aromatic N) is 4. The van der Waals surface area contributed by atoms with Gasteiger partial charge < -0.3 is 10.1 Å². The summed E-state index contributed by atoms with van der Waals surface area (Å²) in [7, 11) is 1.84. The number of carbonyl (C=O) groups is 1. The summed E-state index contributed by atoms with van der Waals surface area (Å²) >= 11 is 0. The summed E-state index contributed by atoms with van der Waals surface area (Å²) in [6.07, 6.45) is 0. The molecule has 1 aromatic carbocycles. The van der Waals surface area contributed by atoms with Crippen LogP contribution in [0, 0.1) is 20.8 Å². The quantitative estimate of drug-likeness (QED) is 0.496. The van der Waals surface area contributed by atoms with E-state index in [1.165, 1.54) is 0 Å². The number of ether oxygens (including phenoxy) is 1. The van der Waals surface area contributed by atoms with Crippen LogP contribution >= 0.6 is 0 Å². The fraction of sp³-hybridized carbons (Fsp3) is 0.280. The first kappa shape index (κ1) is 21.5. The molecular formula is C25H27N5O2. The first-order valence-electron chi connectivity index (χ1n) is 10.6. The first-order valence-corrected chi connectivity index (χ1v) is 10.6. The highest BCUT2D eigenvalue weighted by Gasteiger charge is 2.18. The molecule has 0 saturated heterocycles. The van der Waals surface area contributed by atoms with Crippen molar-refractivity contribution in [3.8, 4) is 17.3 Å². The highest BCUT2D eigenvalue weighted by Crippen LogP contribution is 2.30. The third-order valence-electron chi connectivity index (χ3n) is 5.48. The topological polar surface area (TPSA) is 81.9 Å². The minimum atomic E-state index is -0.199. The molecule has 1 atom stereocenters. The van der Waals surface area contributed by atoms with Gasteiger partial charge in [-0.3, -0.25) is 9.78 Å². The molecule has 1 unspecified atom stereocenters. The van der Waals surface area contributed by atoms with Gasteiger partial charge in [0.1, 0.15) is 5.69 Å². The minimum Gasteiger partial charge on any atom is -0.468 e. The van der Waals surface area contributed by atoms with Gasteiger partial charge in [-0.15, -0.1) is 0 Å². The number of benzene rings is 1. The van der Waals surface area contributed by atoms with Gasteiger partial charge in [-0.25, -0.2) is 4.68 Å². The smallest absolute Gasteiger partial charge is 0.258 e. The average Bonchev–Trinajstić information content (AvgIpc) is 3.09. The molecule has 0 aliphatic heterocycles. The van der Waals surface area contributed by atoms with Gasteiger partial charge >= 0.3 is 0 Å². The maximum absolute atomic E-state index is 12.5. The maximum Gasteiger partial charge on any atom is 0.258 e. The molecule has 3 aromatic heterocycles. The molecule has 1 N–H and O–H groups in total. The largest absolute Gasteiger partial charge is 0.468 e. The van der Waals surface area contributed by atoms with E-state index in [2.05, 4.69) is 20.4 Å². The Kier molecular flexibility index (Phi) is 5.90. The van der Waals surface area contributed by atoms with Gasteiger partial charge in [0, 0.05) is 18.8 Å². The molecule has 3 heterocycles. The first-order chi connectivity index (χ1) is 15.3. The fourth-order valence-electron chi connectivity index (χ4n) is 3.90. The van der Waals surface area contributed by atoms with Crippen LogP contribution in [0.4, 0.5) is 0 Å².